The molecule has 12 heteroatoms. The molecule has 1 aliphatic rings. The molecular formula is C30H31ClFN7O3. The summed E-state index contributed by atoms with van der Waals surface area (Å²) in [5.41, 5.74) is 3.68. The number of imidazole rings is 2. The number of pyridine rings is 1. The molecule has 1 fully saturated rings. The Labute approximate surface area is 247 Å². The maximum Gasteiger partial charge on any atom is 0.337 e. The molecule has 0 saturated carbocycles. The van der Waals surface area contributed by atoms with E-state index >= 15 is 0 Å². The molecule has 10 nitrogen and oxygen atoms in total. The number of halogens is 2. The van der Waals surface area contributed by atoms with Gasteiger partial charge in [0.1, 0.15) is 23.9 Å². The van der Waals surface area contributed by atoms with Crippen LogP contribution >= 0.6 is 11.6 Å². The first kappa shape index (κ1) is 27.8. The fourth-order valence-corrected chi connectivity index (χ4v) is 5.49. The third-order valence-corrected chi connectivity index (χ3v) is 7.86. The predicted octanol–water partition coefficient (Wildman–Crippen LogP) is 4.79. The van der Waals surface area contributed by atoms with Crippen molar-refractivity contribution < 1.29 is 19.0 Å². The van der Waals surface area contributed by atoms with Crippen molar-refractivity contribution in [2.45, 2.75) is 33.2 Å². The van der Waals surface area contributed by atoms with Crippen molar-refractivity contribution in [3.63, 3.8) is 0 Å². The fourth-order valence-electron chi connectivity index (χ4n) is 5.33. The summed E-state index contributed by atoms with van der Waals surface area (Å²) in [6.07, 6.45) is 7.36. The molecule has 0 aliphatic carbocycles. The van der Waals surface area contributed by atoms with Crippen molar-refractivity contribution in [2.24, 2.45) is 0 Å². The Morgan fingerprint density at radius 1 is 1.07 bits per heavy atom. The van der Waals surface area contributed by atoms with Gasteiger partial charge in [0, 0.05) is 74.5 Å². The lowest BCUT2D eigenvalue weighted by Gasteiger charge is -2.35. The number of rotatable bonds is 10. The zero-order valence-electron chi connectivity index (χ0n) is 23.2. The van der Waals surface area contributed by atoms with Crippen LogP contribution in [0.1, 0.15) is 34.2 Å². The number of aromatic nitrogens is 5. The Bertz CT molecular complexity index is 1720. The molecule has 5 aromatic rings. The molecule has 0 unspecified atom stereocenters. The predicted molar refractivity (Wildman–Crippen MR) is 157 cm³/mol. The van der Waals surface area contributed by atoms with Crippen molar-refractivity contribution in [3.05, 3.63) is 101 Å². The van der Waals surface area contributed by atoms with E-state index in [4.69, 9.17) is 16.3 Å². The molecule has 218 valence electrons. The molecule has 4 aromatic heterocycles. The number of ether oxygens (including phenoxy) is 1. The van der Waals surface area contributed by atoms with Gasteiger partial charge in [0.2, 0.25) is 5.88 Å². The highest BCUT2D eigenvalue weighted by molar-refractivity contribution is 6.30. The van der Waals surface area contributed by atoms with E-state index in [2.05, 4.69) is 35.8 Å². The highest BCUT2D eigenvalue weighted by atomic mass is 35.5. The molecule has 1 aromatic carbocycles. The number of benzene rings is 1. The van der Waals surface area contributed by atoms with Gasteiger partial charge < -0.3 is 28.3 Å². The van der Waals surface area contributed by atoms with Gasteiger partial charge in [-0.2, -0.15) is 4.98 Å². The van der Waals surface area contributed by atoms with Crippen LogP contribution in [0.4, 0.5) is 10.2 Å². The Hall–Kier alpha value is -4.35. The van der Waals surface area contributed by atoms with Gasteiger partial charge in [0.25, 0.3) is 0 Å². The minimum atomic E-state index is -0.943. The summed E-state index contributed by atoms with van der Waals surface area (Å²) in [7, 11) is 0. The first-order valence-corrected chi connectivity index (χ1v) is 14.2. The average Bonchev–Trinajstić information content (AvgIpc) is 3.69. The summed E-state index contributed by atoms with van der Waals surface area (Å²) >= 11 is 5.85. The van der Waals surface area contributed by atoms with Gasteiger partial charge in [-0.1, -0.05) is 23.7 Å². The second-order valence-electron chi connectivity index (χ2n) is 10.3. The number of aromatic carboxylic acids is 1. The summed E-state index contributed by atoms with van der Waals surface area (Å²) in [6, 6.07) is 11.9. The van der Waals surface area contributed by atoms with Crippen LogP contribution in [-0.4, -0.2) is 65.7 Å². The molecule has 1 N–H and O–H groups in total. The van der Waals surface area contributed by atoms with Crippen molar-refractivity contribution in [1.82, 2.24) is 28.4 Å². The number of piperazine rings is 1. The van der Waals surface area contributed by atoms with Crippen LogP contribution in [0.15, 0.2) is 67.4 Å². The molecule has 0 spiro atoms. The molecule has 0 radical (unpaired) electrons. The molecule has 6 rings (SSSR count). The van der Waals surface area contributed by atoms with Crippen LogP contribution in [-0.2, 0) is 26.2 Å². The van der Waals surface area contributed by atoms with E-state index < -0.39 is 11.8 Å². The number of anilines is 1. The lowest BCUT2D eigenvalue weighted by Crippen LogP contribution is -2.46. The number of aryl methyl sites for hydroxylation is 1. The van der Waals surface area contributed by atoms with Crippen LogP contribution in [0.25, 0.3) is 5.65 Å². The summed E-state index contributed by atoms with van der Waals surface area (Å²) < 4.78 is 26.1. The Morgan fingerprint density at radius 3 is 2.67 bits per heavy atom. The van der Waals surface area contributed by atoms with E-state index in [9.17, 15) is 14.3 Å². The molecule has 5 heterocycles. The largest absolute Gasteiger partial charge is 0.478 e. The second kappa shape index (κ2) is 11.9. The minimum Gasteiger partial charge on any atom is -0.478 e. The van der Waals surface area contributed by atoms with Crippen molar-refractivity contribution in [1.29, 1.82) is 0 Å². The van der Waals surface area contributed by atoms with Crippen molar-refractivity contribution >= 4 is 29.0 Å². The molecular weight excluding hydrogens is 561 g/mol. The van der Waals surface area contributed by atoms with Gasteiger partial charge in [0.05, 0.1) is 29.8 Å². The summed E-state index contributed by atoms with van der Waals surface area (Å²) in [4.78, 5) is 25.2. The number of fused-ring (bicyclic) bond motifs is 1. The lowest BCUT2D eigenvalue weighted by molar-refractivity contribution is 0.0697. The number of hydrogen-bond acceptors (Lipinski definition) is 6. The summed E-state index contributed by atoms with van der Waals surface area (Å²) in [5.74, 6) is -0.0982. The topological polar surface area (TPSA) is 93.1 Å². The Balaban J connectivity index is 1.12. The fraction of sp³-hybridized carbons (Fsp3) is 0.300. The van der Waals surface area contributed by atoms with Gasteiger partial charge in [-0.05, 0) is 31.2 Å². The number of nitrogens with zero attached hydrogens (tertiary/aromatic N) is 7. The van der Waals surface area contributed by atoms with E-state index in [1.165, 1.54) is 6.07 Å². The van der Waals surface area contributed by atoms with Crippen molar-refractivity contribution in [3.8, 4) is 5.88 Å². The molecule has 0 amide bonds. The van der Waals surface area contributed by atoms with Crippen LogP contribution in [0.5, 0.6) is 5.88 Å². The maximum absolute atomic E-state index is 14.1. The highest BCUT2D eigenvalue weighted by Crippen LogP contribution is 2.23. The van der Waals surface area contributed by atoms with E-state index in [1.54, 1.807) is 30.5 Å². The molecule has 42 heavy (non-hydrogen) atoms. The van der Waals surface area contributed by atoms with Crippen molar-refractivity contribution in [2.75, 3.05) is 31.1 Å². The SMILES string of the molecule is CCn1cncc1Cn1c(CN2CCN(c3cccc(OCc4ccc(Cl)cc4F)n3)CC2)cn2cc(C(=O)O)cc12. The van der Waals surface area contributed by atoms with E-state index in [0.29, 0.717) is 23.0 Å². The molecule has 1 saturated heterocycles. The van der Waals surface area contributed by atoms with Gasteiger partial charge in [0.15, 0.2) is 0 Å². The quantitative estimate of drug-likeness (QED) is 0.250. The van der Waals surface area contributed by atoms with E-state index in [1.807, 2.05) is 35.3 Å². The van der Waals surface area contributed by atoms with E-state index in [-0.39, 0.29) is 12.2 Å². The second-order valence-corrected chi connectivity index (χ2v) is 10.7. The normalized spacial score (nSPS) is 14.1. The smallest absolute Gasteiger partial charge is 0.337 e. The molecule has 0 atom stereocenters. The first-order valence-electron chi connectivity index (χ1n) is 13.8. The maximum atomic E-state index is 14.1. The Morgan fingerprint density at radius 2 is 1.90 bits per heavy atom. The van der Waals surface area contributed by atoms with Crippen LogP contribution in [0, 0.1) is 5.82 Å². The van der Waals surface area contributed by atoms with Gasteiger partial charge >= 0.3 is 5.97 Å². The third-order valence-electron chi connectivity index (χ3n) is 7.63. The first-order chi connectivity index (χ1) is 20.4. The molecule has 0 bridgehead atoms. The molecule has 1 aliphatic heterocycles. The van der Waals surface area contributed by atoms with E-state index in [0.717, 1.165) is 62.1 Å². The lowest BCUT2D eigenvalue weighted by atomic mass is 10.2. The zero-order valence-corrected chi connectivity index (χ0v) is 23.9. The number of hydrogen-bond donors (Lipinski definition) is 1. The third kappa shape index (κ3) is 5.83. The van der Waals surface area contributed by atoms with Crippen LogP contribution < -0.4 is 9.64 Å². The number of carboxylic acids is 1. The highest BCUT2D eigenvalue weighted by Gasteiger charge is 2.22. The van der Waals surface area contributed by atoms with Gasteiger partial charge in [-0.15, -0.1) is 0 Å². The minimum absolute atomic E-state index is 0.0640. The average molecular weight is 592 g/mol. The number of carboxylic acid groups (broad SMARTS) is 1. The van der Waals surface area contributed by atoms with Gasteiger partial charge in [-0.25, -0.2) is 14.2 Å². The number of carbonyl (C=O) groups is 1. The Kier molecular flexibility index (Phi) is 7.86. The monoisotopic (exact) mass is 591 g/mol. The van der Waals surface area contributed by atoms with Crippen LogP contribution in [0.3, 0.4) is 0 Å². The standard InChI is InChI=1S/C30H31ClFN7O3/c1-2-36-20-33-14-24(36)18-39-25(17-38-15-22(30(40)41)12-29(38)39)16-35-8-10-37(11-9-35)27-4-3-5-28(34-27)42-19-21-6-7-23(31)13-26(21)32/h3-7,12-15,17,20H,2,8-11,16,18-19H2,1H3,(H,40,41). The summed E-state index contributed by atoms with van der Waals surface area (Å²) in [5, 5.41) is 9.87. The van der Waals surface area contributed by atoms with Gasteiger partial charge in [-0.3, -0.25) is 4.90 Å². The van der Waals surface area contributed by atoms with Crippen LogP contribution in [0.2, 0.25) is 5.02 Å². The summed E-state index contributed by atoms with van der Waals surface area (Å²) in [6.45, 7) is 7.50. The zero-order chi connectivity index (χ0) is 29.2.